The number of hydrogen-bond acceptors (Lipinski definition) is 3. The van der Waals surface area contributed by atoms with Crippen molar-refractivity contribution in [3.8, 4) is 0 Å². The van der Waals surface area contributed by atoms with E-state index < -0.39 is 17.9 Å². The zero-order valence-corrected chi connectivity index (χ0v) is 11.8. The molecule has 0 aromatic heterocycles. The smallest absolute Gasteiger partial charge is 0.344 e. The lowest BCUT2D eigenvalue weighted by Crippen LogP contribution is -2.05. The molecule has 4 nitrogen and oxygen atoms in total. The Balaban J connectivity index is 2.65. The van der Waals surface area contributed by atoms with Gasteiger partial charge in [0.15, 0.2) is 0 Å². The van der Waals surface area contributed by atoms with Gasteiger partial charge in [0.25, 0.3) is 0 Å². The number of halogens is 1. The van der Waals surface area contributed by atoms with Gasteiger partial charge in [-0.1, -0.05) is 26.8 Å². The molecule has 0 saturated heterocycles. The Kier molecular flexibility index (Phi) is 4.36. The van der Waals surface area contributed by atoms with E-state index in [2.05, 4.69) is 15.9 Å². The van der Waals surface area contributed by atoms with Crippen molar-refractivity contribution >= 4 is 27.9 Å². The molecule has 1 saturated carbocycles. The van der Waals surface area contributed by atoms with Crippen molar-refractivity contribution in [1.29, 1.82) is 0 Å². The predicted octanol–water partition coefficient (Wildman–Crippen LogP) is 2.58. The van der Waals surface area contributed by atoms with Crippen LogP contribution < -0.4 is 0 Å². The monoisotopic (exact) mass is 304 g/mol. The summed E-state index contributed by atoms with van der Waals surface area (Å²) in [6.07, 6.45) is 2.41. The minimum Gasteiger partial charge on any atom is -0.481 e. The van der Waals surface area contributed by atoms with Gasteiger partial charge < -0.3 is 9.84 Å². The molecule has 1 fully saturated rings. The topological polar surface area (TPSA) is 63.6 Å². The van der Waals surface area contributed by atoms with Gasteiger partial charge in [-0.15, -0.1) is 0 Å². The third-order valence-corrected chi connectivity index (χ3v) is 3.72. The molecule has 0 radical (unpaired) electrons. The van der Waals surface area contributed by atoms with Gasteiger partial charge in [0, 0.05) is 0 Å². The first-order valence-electron chi connectivity index (χ1n) is 5.59. The number of carboxylic acid groups (broad SMARTS) is 1. The largest absolute Gasteiger partial charge is 0.481 e. The van der Waals surface area contributed by atoms with Crippen LogP contribution in [0, 0.1) is 17.3 Å². The number of carboxylic acids is 1. The van der Waals surface area contributed by atoms with Crippen LogP contribution in [0.5, 0.6) is 0 Å². The van der Waals surface area contributed by atoms with Gasteiger partial charge in [-0.25, -0.2) is 4.79 Å². The molecule has 1 N–H and O–H groups in total. The van der Waals surface area contributed by atoms with Crippen LogP contribution in [0.2, 0.25) is 0 Å². The molecule has 1 rings (SSSR count). The van der Waals surface area contributed by atoms with Crippen LogP contribution >= 0.6 is 15.9 Å². The van der Waals surface area contributed by atoms with E-state index in [0.717, 1.165) is 6.42 Å². The third kappa shape index (κ3) is 3.09. The Morgan fingerprint density at radius 2 is 2.06 bits per heavy atom. The fourth-order valence-electron chi connectivity index (χ4n) is 1.95. The lowest BCUT2D eigenvalue weighted by molar-refractivity contribution is -0.140. The van der Waals surface area contributed by atoms with Crippen molar-refractivity contribution in [3.05, 3.63) is 10.6 Å². The van der Waals surface area contributed by atoms with Gasteiger partial charge in [0.1, 0.15) is 0 Å². The fourth-order valence-corrected chi connectivity index (χ4v) is 2.35. The lowest BCUT2D eigenvalue weighted by Gasteiger charge is -2.02. The van der Waals surface area contributed by atoms with E-state index in [1.54, 1.807) is 6.08 Å². The first-order chi connectivity index (χ1) is 7.82. The minimum absolute atomic E-state index is 0.122. The zero-order valence-electron chi connectivity index (χ0n) is 10.2. The van der Waals surface area contributed by atoms with Gasteiger partial charge in [0.2, 0.25) is 0 Å². The quantitative estimate of drug-likeness (QED) is 0.626. The second-order valence-corrected chi connectivity index (χ2v) is 5.67. The van der Waals surface area contributed by atoms with Crippen molar-refractivity contribution in [2.24, 2.45) is 17.3 Å². The number of aliphatic carboxylic acids is 1. The highest BCUT2D eigenvalue weighted by atomic mass is 79.9. The Morgan fingerprint density at radius 3 is 2.47 bits per heavy atom. The minimum atomic E-state index is -0.821. The van der Waals surface area contributed by atoms with E-state index in [-0.39, 0.29) is 11.3 Å². The van der Waals surface area contributed by atoms with E-state index in [1.807, 2.05) is 20.8 Å². The van der Waals surface area contributed by atoms with E-state index in [9.17, 15) is 9.59 Å². The third-order valence-electron chi connectivity index (χ3n) is 3.13. The zero-order chi connectivity index (χ0) is 13.2. The Hall–Kier alpha value is -0.840. The lowest BCUT2D eigenvalue weighted by atomic mass is 10.1. The summed E-state index contributed by atoms with van der Waals surface area (Å²) in [4.78, 5) is 22.4. The number of hydrogen-bond donors (Lipinski definition) is 1. The summed E-state index contributed by atoms with van der Waals surface area (Å²) in [5, 5.41) is 8.99. The molecule has 0 aromatic rings. The number of ether oxygens (including phenoxy) is 1. The van der Waals surface area contributed by atoms with Gasteiger partial charge in [-0.3, -0.25) is 4.79 Å². The van der Waals surface area contributed by atoms with Crippen LogP contribution in [0.15, 0.2) is 10.6 Å². The maximum Gasteiger partial charge on any atom is 0.344 e. The van der Waals surface area contributed by atoms with E-state index in [0.29, 0.717) is 11.1 Å². The van der Waals surface area contributed by atoms with Gasteiger partial charge in [0.05, 0.1) is 17.0 Å². The average molecular weight is 305 g/mol. The molecule has 0 heterocycles. The van der Waals surface area contributed by atoms with Crippen LogP contribution in [0.4, 0.5) is 0 Å². The molecule has 0 amide bonds. The highest BCUT2D eigenvalue weighted by Crippen LogP contribution is 2.59. The summed E-state index contributed by atoms with van der Waals surface area (Å²) < 4.78 is 5.26. The average Bonchev–Trinajstić information content (AvgIpc) is 2.76. The van der Waals surface area contributed by atoms with E-state index in [1.165, 1.54) is 0 Å². The molecule has 0 bridgehead atoms. The molecule has 2 atom stereocenters. The maximum absolute atomic E-state index is 11.5. The number of carbonyl (C=O) groups is 2. The Labute approximate surface area is 109 Å². The molecule has 0 aromatic carbocycles. The van der Waals surface area contributed by atoms with Crippen LogP contribution in [0.3, 0.4) is 0 Å². The van der Waals surface area contributed by atoms with Crippen LogP contribution in [0.1, 0.15) is 27.2 Å². The summed E-state index contributed by atoms with van der Waals surface area (Å²) >= 11 is 3.14. The summed E-state index contributed by atoms with van der Waals surface area (Å²) in [6.45, 7) is 6.04. The normalized spacial score (nSPS) is 26.5. The fraction of sp³-hybridized carbons (Fsp3) is 0.667. The van der Waals surface area contributed by atoms with Gasteiger partial charge in [-0.2, -0.15) is 0 Å². The summed E-state index contributed by atoms with van der Waals surface area (Å²) in [7, 11) is 0. The summed E-state index contributed by atoms with van der Waals surface area (Å²) in [5.41, 5.74) is -0.296. The molecule has 1 aliphatic rings. The van der Waals surface area contributed by atoms with Gasteiger partial charge >= 0.3 is 11.9 Å². The molecule has 0 spiro atoms. The van der Waals surface area contributed by atoms with Crippen LogP contribution in [-0.4, -0.2) is 23.7 Å². The molecular weight excluding hydrogens is 288 g/mol. The first-order valence-corrected chi connectivity index (χ1v) is 6.39. The predicted molar refractivity (Wildman–Crippen MR) is 66.7 cm³/mol. The molecule has 5 heteroatoms. The van der Waals surface area contributed by atoms with Crippen LogP contribution in [-0.2, 0) is 14.3 Å². The number of rotatable bonds is 5. The van der Waals surface area contributed by atoms with Gasteiger partial charge in [-0.05, 0) is 33.7 Å². The van der Waals surface area contributed by atoms with E-state index >= 15 is 0 Å². The highest BCUT2D eigenvalue weighted by Gasteiger charge is 2.61. The molecule has 1 aliphatic carbocycles. The van der Waals surface area contributed by atoms with Crippen molar-refractivity contribution in [2.75, 3.05) is 6.61 Å². The summed E-state index contributed by atoms with van der Waals surface area (Å²) in [6, 6.07) is 0. The highest BCUT2D eigenvalue weighted by molar-refractivity contribution is 9.12. The Bertz CT molecular complexity index is 360. The van der Waals surface area contributed by atoms with E-state index in [4.69, 9.17) is 9.84 Å². The molecule has 96 valence electrons. The molecule has 0 unspecified atom stereocenters. The van der Waals surface area contributed by atoms with Crippen molar-refractivity contribution in [2.45, 2.75) is 27.2 Å². The molecule has 0 aliphatic heterocycles. The standard InChI is InChI=1S/C12H17BrO4/c1-4-5-17-11(16)8(13)6-7-9(10(14)15)12(7,2)3/h6-7,9H,4-5H2,1-3H3,(H,14,15)/b8-6-/t7-,9-/m0/s1. The SMILES string of the molecule is CCCOC(=O)/C(Br)=C/[C@H]1[C@@H](C(=O)O)C1(C)C. The second kappa shape index (κ2) is 5.21. The summed E-state index contributed by atoms with van der Waals surface area (Å²) in [5.74, 6) is -1.80. The molecule has 17 heavy (non-hydrogen) atoms. The number of allylic oxidation sites excluding steroid dienone is 1. The number of esters is 1. The van der Waals surface area contributed by atoms with Crippen molar-refractivity contribution in [3.63, 3.8) is 0 Å². The number of carbonyl (C=O) groups excluding carboxylic acids is 1. The van der Waals surface area contributed by atoms with Crippen molar-refractivity contribution in [1.82, 2.24) is 0 Å². The maximum atomic E-state index is 11.5. The Morgan fingerprint density at radius 1 is 1.47 bits per heavy atom. The van der Waals surface area contributed by atoms with Crippen molar-refractivity contribution < 1.29 is 19.4 Å². The van der Waals surface area contributed by atoms with Crippen LogP contribution in [0.25, 0.3) is 0 Å². The first kappa shape index (κ1) is 14.2. The second-order valence-electron chi connectivity index (χ2n) is 4.81. The molecular formula is C12H17BrO4.